The molecule has 0 aromatic carbocycles. The lowest BCUT2D eigenvalue weighted by molar-refractivity contribution is 0.102. The third-order valence-electron chi connectivity index (χ3n) is 4.26. The minimum absolute atomic E-state index is 0.220. The van der Waals surface area contributed by atoms with Gasteiger partial charge < -0.3 is 15.0 Å². The molecule has 25 heavy (non-hydrogen) atoms. The van der Waals surface area contributed by atoms with Crippen LogP contribution in [0.4, 0.5) is 5.69 Å². The van der Waals surface area contributed by atoms with Crippen molar-refractivity contribution in [2.45, 2.75) is 13.3 Å². The van der Waals surface area contributed by atoms with Gasteiger partial charge in [0.1, 0.15) is 11.3 Å². The predicted molar refractivity (Wildman–Crippen MR) is 97.6 cm³/mol. The van der Waals surface area contributed by atoms with Crippen LogP contribution in [0.5, 0.6) is 0 Å². The normalized spacial score (nSPS) is 14.4. The molecule has 2 N–H and O–H groups in total. The van der Waals surface area contributed by atoms with Crippen molar-refractivity contribution in [3.05, 3.63) is 65.9 Å². The topological polar surface area (TPSA) is 71.3 Å². The second-order valence-electron chi connectivity index (χ2n) is 6.14. The summed E-state index contributed by atoms with van der Waals surface area (Å²) in [7, 11) is 0. The number of pyridine rings is 2. The van der Waals surface area contributed by atoms with Crippen LogP contribution >= 0.6 is 0 Å². The minimum Gasteiger partial charge on any atom is -0.319 e. The van der Waals surface area contributed by atoms with E-state index in [1.54, 1.807) is 12.3 Å². The number of nitrogens with zero attached hydrogens (tertiary/aromatic N) is 3. The summed E-state index contributed by atoms with van der Waals surface area (Å²) < 4.78 is 1.89. The number of rotatable bonds is 3. The zero-order valence-corrected chi connectivity index (χ0v) is 14.0. The van der Waals surface area contributed by atoms with E-state index in [4.69, 9.17) is 0 Å². The molecule has 1 aliphatic heterocycles. The first kappa shape index (κ1) is 15.5. The first-order valence-electron chi connectivity index (χ1n) is 8.32. The molecule has 0 aliphatic carbocycles. The van der Waals surface area contributed by atoms with Crippen LogP contribution in [0.2, 0.25) is 0 Å². The van der Waals surface area contributed by atoms with Gasteiger partial charge in [-0.2, -0.15) is 0 Å². The summed E-state index contributed by atoms with van der Waals surface area (Å²) in [5, 5.41) is 6.17. The van der Waals surface area contributed by atoms with Crippen LogP contribution in [0.25, 0.3) is 11.2 Å². The van der Waals surface area contributed by atoms with Crippen molar-refractivity contribution in [3.8, 4) is 0 Å². The Balaban J connectivity index is 1.50. The maximum atomic E-state index is 12.4. The summed E-state index contributed by atoms with van der Waals surface area (Å²) in [5.41, 5.74) is 5.26. The predicted octanol–water partition coefficient (Wildman–Crippen LogP) is 2.67. The van der Waals surface area contributed by atoms with Crippen LogP contribution < -0.4 is 10.6 Å². The van der Waals surface area contributed by atoms with Crippen LogP contribution in [0, 0.1) is 6.92 Å². The second kappa shape index (κ2) is 6.49. The van der Waals surface area contributed by atoms with E-state index in [1.165, 1.54) is 5.57 Å². The van der Waals surface area contributed by atoms with Crippen molar-refractivity contribution in [2.75, 3.05) is 18.4 Å². The van der Waals surface area contributed by atoms with Gasteiger partial charge in [0.2, 0.25) is 0 Å². The molecule has 0 bridgehead atoms. The van der Waals surface area contributed by atoms with Crippen LogP contribution in [-0.2, 0) is 0 Å². The zero-order chi connectivity index (χ0) is 17.2. The fraction of sp³-hybridized carbons (Fsp3) is 0.211. The van der Waals surface area contributed by atoms with Gasteiger partial charge >= 0.3 is 0 Å². The van der Waals surface area contributed by atoms with Gasteiger partial charge in [0, 0.05) is 25.1 Å². The molecule has 126 valence electrons. The van der Waals surface area contributed by atoms with E-state index in [9.17, 15) is 4.79 Å². The number of carbonyl (C=O) groups excluding carboxylic acids is 1. The van der Waals surface area contributed by atoms with Crippen LogP contribution in [0.1, 0.15) is 28.2 Å². The van der Waals surface area contributed by atoms with Crippen molar-refractivity contribution in [1.29, 1.82) is 0 Å². The summed E-state index contributed by atoms with van der Waals surface area (Å²) in [6, 6.07) is 7.45. The molecule has 4 rings (SSSR count). The van der Waals surface area contributed by atoms with Gasteiger partial charge in [-0.05, 0) is 49.2 Å². The maximum absolute atomic E-state index is 12.4. The molecule has 1 amide bonds. The number of hydrogen-bond donors (Lipinski definition) is 2. The van der Waals surface area contributed by atoms with Gasteiger partial charge in [0.05, 0.1) is 11.4 Å². The Kier molecular flexibility index (Phi) is 4.03. The summed E-state index contributed by atoms with van der Waals surface area (Å²) in [4.78, 5) is 21.1. The fourth-order valence-electron chi connectivity index (χ4n) is 2.99. The van der Waals surface area contributed by atoms with Crippen LogP contribution in [0.3, 0.4) is 0 Å². The van der Waals surface area contributed by atoms with Gasteiger partial charge in [0.25, 0.3) is 5.91 Å². The molecule has 4 heterocycles. The summed E-state index contributed by atoms with van der Waals surface area (Å²) in [5.74, 6) is -0.220. The molecule has 0 radical (unpaired) electrons. The Morgan fingerprint density at radius 2 is 2.16 bits per heavy atom. The number of imidazole rings is 1. The molecule has 3 aromatic heterocycles. The zero-order valence-electron chi connectivity index (χ0n) is 14.0. The minimum atomic E-state index is -0.220. The van der Waals surface area contributed by atoms with Gasteiger partial charge in [-0.25, -0.2) is 4.98 Å². The summed E-state index contributed by atoms with van der Waals surface area (Å²) in [6.07, 6.45) is 8.70. The third kappa shape index (κ3) is 3.29. The Morgan fingerprint density at radius 1 is 1.24 bits per heavy atom. The van der Waals surface area contributed by atoms with Crippen molar-refractivity contribution >= 4 is 22.8 Å². The second-order valence-corrected chi connectivity index (χ2v) is 6.14. The lowest BCUT2D eigenvalue weighted by Gasteiger charge is -2.14. The molecule has 0 saturated carbocycles. The first-order chi connectivity index (χ1) is 12.2. The maximum Gasteiger partial charge on any atom is 0.274 e. The van der Waals surface area contributed by atoms with E-state index < -0.39 is 0 Å². The smallest absolute Gasteiger partial charge is 0.274 e. The molecule has 0 fully saturated rings. The molecule has 0 spiro atoms. The monoisotopic (exact) mass is 333 g/mol. The lowest BCUT2D eigenvalue weighted by Crippen LogP contribution is -2.20. The van der Waals surface area contributed by atoms with Gasteiger partial charge in [-0.1, -0.05) is 12.1 Å². The van der Waals surface area contributed by atoms with Gasteiger partial charge in [-0.15, -0.1) is 0 Å². The number of aromatic nitrogens is 3. The van der Waals surface area contributed by atoms with Gasteiger partial charge in [-0.3, -0.25) is 9.78 Å². The van der Waals surface area contributed by atoms with E-state index in [0.717, 1.165) is 36.4 Å². The quantitative estimate of drug-likeness (QED) is 0.773. The highest BCUT2D eigenvalue weighted by atomic mass is 16.1. The Bertz CT molecular complexity index is 956. The molecule has 0 atom stereocenters. The van der Waals surface area contributed by atoms with E-state index in [0.29, 0.717) is 11.4 Å². The molecule has 6 heteroatoms. The Labute approximate surface area is 145 Å². The van der Waals surface area contributed by atoms with E-state index >= 15 is 0 Å². The number of fused-ring (bicyclic) bond motifs is 1. The number of hydrogen-bond acceptors (Lipinski definition) is 4. The third-order valence-corrected chi connectivity index (χ3v) is 4.26. The average molecular weight is 333 g/mol. The van der Waals surface area contributed by atoms with Crippen LogP contribution in [0.15, 0.2) is 48.9 Å². The fourth-order valence-corrected chi connectivity index (χ4v) is 2.99. The van der Waals surface area contributed by atoms with Crippen molar-refractivity contribution in [3.63, 3.8) is 0 Å². The molecular weight excluding hydrogens is 314 g/mol. The molecule has 0 saturated heterocycles. The highest BCUT2D eigenvalue weighted by Crippen LogP contribution is 2.19. The van der Waals surface area contributed by atoms with Crippen LogP contribution in [-0.4, -0.2) is 33.4 Å². The Hall–Kier alpha value is -2.99. The van der Waals surface area contributed by atoms with Crippen molar-refractivity contribution in [2.24, 2.45) is 0 Å². The van der Waals surface area contributed by atoms with E-state index in [1.807, 2.05) is 41.9 Å². The molecular formula is C19H19N5O. The number of nitrogens with one attached hydrogen (secondary N) is 2. The largest absolute Gasteiger partial charge is 0.319 e. The number of amides is 1. The van der Waals surface area contributed by atoms with Crippen molar-refractivity contribution < 1.29 is 4.79 Å². The standard InChI is InChI=1S/C19H19N5O/c1-13-11-24-12-16(3-5-18(24)22-13)23-19(25)17-4-2-15(10-21-17)14-6-8-20-9-7-14/h2-6,10-12,20H,7-9H2,1H3,(H,23,25). The first-order valence-corrected chi connectivity index (χ1v) is 8.32. The molecule has 6 nitrogen and oxygen atoms in total. The highest BCUT2D eigenvalue weighted by Gasteiger charge is 2.11. The Morgan fingerprint density at radius 3 is 2.92 bits per heavy atom. The molecule has 1 aliphatic rings. The van der Waals surface area contributed by atoms with E-state index in [2.05, 4.69) is 26.7 Å². The number of aryl methyl sites for hydroxylation is 1. The summed E-state index contributed by atoms with van der Waals surface area (Å²) >= 11 is 0. The van der Waals surface area contributed by atoms with E-state index in [-0.39, 0.29) is 5.91 Å². The van der Waals surface area contributed by atoms with Gasteiger partial charge in [0.15, 0.2) is 0 Å². The lowest BCUT2D eigenvalue weighted by atomic mass is 10.0. The molecule has 0 unspecified atom stereocenters. The average Bonchev–Trinajstić information content (AvgIpc) is 3.02. The highest BCUT2D eigenvalue weighted by molar-refractivity contribution is 6.02. The summed E-state index contributed by atoms with van der Waals surface area (Å²) in [6.45, 7) is 3.80. The SMILES string of the molecule is Cc1cn2cc(NC(=O)c3ccc(C4=CCNCC4)cn3)ccc2n1. The van der Waals surface area contributed by atoms with Crippen molar-refractivity contribution in [1.82, 2.24) is 19.7 Å². The number of carbonyl (C=O) groups is 1. The number of anilines is 1. The molecule has 3 aromatic rings.